The van der Waals surface area contributed by atoms with E-state index in [4.69, 9.17) is 11.6 Å². The van der Waals surface area contributed by atoms with Crippen molar-refractivity contribution < 1.29 is 0 Å². The second kappa shape index (κ2) is 6.33. The number of fused-ring (bicyclic) bond motifs is 4. The minimum absolute atomic E-state index is 0.131. The van der Waals surface area contributed by atoms with Gasteiger partial charge >= 0.3 is 0 Å². The van der Waals surface area contributed by atoms with Crippen LogP contribution in [0.1, 0.15) is 29.7 Å². The highest BCUT2D eigenvalue weighted by atomic mass is 35.5. The Balaban J connectivity index is 1.65. The lowest BCUT2D eigenvalue weighted by Gasteiger charge is -2.35. The zero-order valence-electron chi connectivity index (χ0n) is 15.0. The summed E-state index contributed by atoms with van der Waals surface area (Å²) in [7, 11) is 0. The van der Waals surface area contributed by atoms with Gasteiger partial charge in [-0.05, 0) is 53.5 Å². The molecular weight excluding hydrogens is 352 g/mol. The second-order valence-corrected chi connectivity index (χ2v) is 7.36. The third-order valence-corrected chi connectivity index (χ3v) is 5.57. The van der Waals surface area contributed by atoms with Crippen LogP contribution in [0, 0.1) is 0 Å². The second-order valence-electron chi connectivity index (χ2n) is 6.93. The number of allylic oxidation sites excluding steroid dienone is 1. The quantitative estimate of drug-likeness (QED) is 0.538. The number of nitrogens with one attached hydrogen (secondary N) is 1. The summed E-state index contributed by atoms with van der Waals surface area (Å²) >= 11 is 6.03. The molecular formula is C24H19ClN2. The molecule has 0 aliphatic carbocycles. The normalized spacial score (nSPS) is 17.6. The van der Waals surface area contributed by atoms with Crippen molar-refractivity contribution in [3.05, 3.63) is 106 Å². The highest BCUT2D eigenvalue weighted by Crippen LogP contribution is 2.49. The number of hydrogen-bond acceptors (Lipinski definition) is 2. The Morgan fingerprint density at radius 3 is 2.52 bits per heavy atom. The topological polar surface area (TPSA) is 15.3 Å². The lowest BCUT2D eigenvalue weighted by atomic mass is 9.90. The van der Waals surface area contributed by atoms with Crippen LogP contribution >= 0.6 is 11.6 Å². The molecule has 2 heterocycles. The van der Waals surface area contributed by atoms with E-state index >= 15 is 0 Å². The van der Waals surface area contributed by atoms with Crippen LogP contribution in [-0.4, -0.2) is 0 Å². The molecule has 5 rings (SSSR count). The monoisotopic (exact) mass is 370 g/mol. The van der Waals surface area contributed by atoms with Crippen molar-refractivity contribution in [2.24, 2.45) is 0 Å². The van der Waals surface area contributed by atoms with E-state index < -0.39 is 0 Å². The zero-order valence-corrected chi connectivity index (χ0v) is 15.7. The Labute approximate surface area is 164 Å². The largest absolute Gasteiger partial charge is 0.340 e. The summed E-state index contributed by atoms with van der Waals surface area (Å²) in [5.41, 5.74) is 7.41. The third kappa shape index (κ3) is 2.65. The van der Waals surface area contributed by atoms with Crippen LogP contribution in [0.25, 0.3) is 11.6 Å². The number of rotatable bonds is 2. The van der Waals surface area contributed by atoms with Crippen molar-refractivity contribution in [3.63, 3.8) is 0 Å². The van der Waals surface area contributed by atoms with Crippen molar-refractivity contribution in [1.29, 1.82) is 0 Å². The first-order chi connectivity index (χ1) is 13.2. The molecule has 132 valence electrons. The van der Waals surface area contributed by atoms with Gasteiger partial charge < -0.3 is 10.2 Å². The number of para-hydroxylation sites is 2. The van der Waals surface area contributed by atoms with E-state index in [-0.39, 0.29) is 6.04 Å². The van der Waals surface area contributed by atoms with Gasteiger partial charge in [0.15, 0.2) is 0 Å². The Hall–Kier alpha value is -2.97. The Bertz CT molecular complexity index is 1080. The molecule has 0 saturated carbocycles. The summed E-state index contributed by atoms with van der Waals surface area (Å²) in [5, 5.41) is 4.37. The molecule has 0 saturated heterocycles. The van der Waals surface area contributed by atoms with E-state index in [1.807, 2.05) is 24.3 Å². The van der Waals surface area contributed by atoms with Crippen LogP contribution in [0.2, 0.25) is 5.02 Å². The molecule has 0 fully saturated rings. The van der Waals surface area contributed by atoms with Crippen LogP contribution in [0.4, 0.5) is 11.4 Å². The van der Waals surface area contributed by atoms with E-state index in [0.29, 0.717) is 0 Å². The van der Waals surface area contributed by atoms with Crippen molar-refractivity contribution in [3.8, 4) is 0 Å². The van der Waals surface area contributed by atoms with Gasteiger partial charge in [0, 0.05) is 5.02 Å². The van der Waals surface area contributed by atoms with Crippen LogP contribution in [0.15, 0.2) is 84.7 Å². The fourth-order valence-corrected chi connectivity index (χ4v) is 4.12. The highest BCUT2D eigenvalue weighted by Gasteiger charge is 2.36. The molecule has 3 heteroatoms. The minimum atomic E-state index is 0.131. The van der Waals surface area contributed by atoms with Gasteiger partial charge in [-0.1, -0.05) is 72.3 Å². The Morgan fingerprint density at radius 1 is 0.926 bits per heavy atom. The predicted octanol–water partition coefficient (Wildman–Crippen LogP) is 6.73. The fourth-order valence-electron chi connectivity index (χ4n) is 3.99. The molecule has 0 bridgehead atoms. The molecule has 1 unspecified atom stereocenters. The van der Waals surface area contributed by atoms with E-state index in [0.717, 1.165) is 16.3 Å². The van der Waals surface area contributed by atoms with Crippen molar-refractivity contribution in [2.45, 2.75) is 13.0 Å². The highest BCUT2D eigenvalue weighted by molar-refractivity contribution is 6.30. The smallest absolute Gasteiger partial charge is 0.115 e. The van der Waals surface area contributed by atoms with E-state index in [1.54, 1.807) is 0 Å². The SMILES string of the molecule is CC1=C2Nc3ccccc3N2C(/C=C/c2ccc(Cl)cc2)c2ccccc21. The molecule has 0 radical (unpaired) electrons. The van der Waals surface area contributed by atoms with E-state index in [9.17, 15) is 0 Å². The molecule has 27 heavy (non-hydrogen) atoms. The van der Waals surface area contributed by atoms with Crippen molar-refractivity contribution in [2.75, 3.05) is 10.2 Å². The van der Waals surface area contributed by atoms with E-state index in [2.05, 4.69) is 77.8 Å². The van der Waals surface area contributed by atoms with Gasteiger partial charge in [0.25, 0.3) is 0 Å². The summed E-state index contributed by atoms with van der Waals surface area (Å²) in [6.07, 6.45) is 4.45. The molecule has 2 nitrogen and oxygen atoms in total. The summed E-state index contributed by atoms with van der Waals surface area (Å²) in [6, 6.07) is 25.2. The molecule has 3 aromatic rings. The third-order valence-electron chi connectivity index (χ3n) is 5.32. The first-order valence-corrected chi connectivity index (χ1v) is 9.49. The van der Waals surface area contributed by atoms with Gasteiger partial charge in [-0.25, -0.2) is 0 Å². The number of nitrogens with zero attached hydrogens (tertiary/aromatic N) is 1. The first kappa shape index (κ1) is 16.2. The molecule has 0 amide bonds. The average Bonchev–Trinajstić information content (AvgIpc) is 3.09. The van der Waals surface area contributed by atoms with Crippen LogP contribution in [-0.2, 0) is 0 Å². The minimum Gasteiger partial charge on any atom is -0.340 e. The lowest BCUT2D eigenvalue weighted by molar-refractivity contribution is 0.813. The van der Waals surface area contributed by atoms with Crippen LogP contribution in [0.5, 0.6) is 0 Å². The molecule has 0 aromatic heterocycles. The number of anilines is 2. The lowest BCUT2D eigenvalue weighted by Crippen LogP contribution is -2.30. The Morgan fingerprint density at radius 2 is 1.67 bits per heavy atom. The van der Waals surface area contributed by atoms with Gasteiger partial charge in [-0.3, -0.25) is 0 Å². The molecule has 3 aromatic carbocycles. The number of benzene rings is 3. The maximum Gasteiger partial charge on any atom is 0.115 e. The van der Waals surface area contributed by atoms with Gasteiger partial charge in [-0.2, -0.15) is 0 Å². The van der Waals surface area contributed by atoms with E-state index in [1.165, 1.54) is 28.2 Å². The average molecular weight is 371 g/mol. The summed E-state index contributed by atoms with van der Waals surface area (Å²) in [4.78, 5) is 2.40. The van der Waals surface area contributed by atoms with Crippen molar-refractivity contribution in [1.82, 2.24) is 0 Å². The van der Waals surface area contributed by atoms with Gasteiger partial charge in [-0.15, -0.1) is 0 Å². The zero-order chi connectivity index (χ0) is 18.4. The standard InChI is InChI=1S/C24H19ClN2/c1-16-19-6-2-3-7-20(19)22(15-12-17-10-13-18(25)14-11-17)27-23-9-5-4-8-21(23)26-24(16)27/h2-15,22,26H,1H3/b15-12+. The molecule has 2 aliphatic rings. The van der Waals surface area contributed by atoms with Crippen LogP contribution < -0.4 is 10.2 Å². The number of halogens is 1. The first-order valence-electron chi connectivity index (χ1n) is 9.11. The molecule has 1 N–H and O–H groups in total. The predicted molar refractivity (Wildman–Crippen MR) is 115 cm³/mol. The van der Waals surface area contributed by atoms with Gasteiger partial charge in [0.1, 0.15) is 5.82 Å². The summed E-state index contributed by atoms with van der Waals surface area (Å²) in [6.45, 7) is 2.19. The summed E-state index contributed by atoms with van der Waals surface area (Å²) in [5.74, 6) is 1.17. The van der Waals surface area contributed by atoms with Crippen molar-refractivity contribution >= 4 is 34.6 Å². The maximum atomic E-state index is 6.03. The summed E-state index contributed by atoms with van der Waals surface area (Å²) < 4.78 is 0. The molecule has 2 aliphatic heterocycles. The van der Waals surface area contributed by atoms with Crippen LogP contribution in [0.3, 0.4) is 0 Å². The maximum absolute atomic E-state index is 6.03. The fraction of sp³-hybridized carbons (Fsp3) is 0.0833. The van der Waals surface area contributed by atoms with Gasteiger partial charge in [0.2, 0.25) is 0 Å². The number of hydrogen-bond donors (Lipinski definition) is 1. The van der Waals surface area contributed by atoms with Gasteiger partial charge in [0.05, 0.1) is 17.4 Å². The molecule has 0 spiro atoms. The Kier molecular flexibility index (Phi) is 3.80. The molecule has 1 atom stereocenters.